The molecule has 0 saturated carbocycles. The van der Waals surface area contributed by atoms with Gasteiger partial charge in [-0.1, -0.05) is 120 Å². The number of allylic oxidation sites excluding steroid dienone is 1. The van der Waals surface area contributed by atoms with Crippen LogP contribution in [0.3, 0.4) is 0 Å². The zero-order valence-electron chi connectivity index (χ0n) is 65.4. The topological polar surface area (TPSA) is 394 Å². The highest BCUT2D eigenvalue weighted by Gasteiger charge is 2.40. The number of fused-ring (bicyclic) bond motifs is 2. The maximum Gasteiger partial charge on any atom is 0.416 e. The fourth-order valence-electron chi connectivity index (χ4n) is 11.5. The summed E-state index contributed by atoms with van der Waals surface area (Å²) in [5.41, 5.74) is 30.3. The Labute approximate surface area is 673 Å². The summed E-state index contributed by atoms with van der Waals surface area (Å²) in [5, 5.41) is 43.4. The molecular weight excluding hydrogens is 1560 g/mol. The highest BCUT2D eigenvalue weighted by atomic mass is 35.5. The Hall–Kier alpha value is -9.84. The molecule has 0 spiro atoms. The molecule has 0 saturated heterocycles. The van der Waals surface area contributed by atoms with Gasteiger partial charge in [0.1, 0.15) is 41.1 Å². The van der Waals surface area contributed by atoms with Crippen LogP contribution in [0.2, 0.25) is 5.02 Å². The van der Waals surface area contributed by atoms with Crippen LogP contribution < -0.4 is 38.7 Å². The first-order valence-electron chi connectivity index (χ1n) is 36.7. The second-order valence-electron chi connectivity index (χ2n) is 26.7. The van der Waals surface area contributed by atoms with Crippen molar-refractivity contribution in [3.05, 3.63) is 182 Å². The molecule has 3 atom stereocenters. The standard InChI is InChI=1S/C21H26ClNO5.C16H18F3N5O.C16H23F3N2O.C10H21NO2.C9H8F2N2OS.C7H7NO3.CH4/c1-5-11-27-12-16-19(21(25)28-6-2)18(14-9-7-8-10-15(14)22)17(13(3)23-16)20(24)26-4;1-9-21-22-15-8-23(2-3-24(9)15)16(25)6-11(20)4-10-5-13(18)14(19)7-12(10)17;1-2-3-4-5-6-15(21-22-12-11-20)13-7-9-14(10-8-13)16(17,18)19;1-4-9(12)6-10(13,7-11)5-8(2)3;1-9(10,11)14-5-2-3-6-7(4-5)15-8(12)13-6;8-4-1-2-6(9)5(3-4)7(10)11;/h7-10,18,23H,5-6,11-12H2,1-4H3;5,7,11H,2-4,6,8,20H2,1H3;7-10H,2-6,11-12,20H2,1H3;8,13H,4-7,11H2,1-3H3;2-4H,1H3,(H2,12,13);1-3,9H,8H2,(H,10,11);1H4/b;;21-15-;;;;. The quantitative estimate of drug-likeness (QED) is 0.00295. The summed E-state index contributed by atoms with van der Waals surface area (Å²) < 4.78 is 126. The van der Waals surface area contributed by atoms with Crippen LogP contribution in [0.1, 0.15) is 177 Å². The third-order valence-corrected chi connectivity index (χ3v) is 18.1. The predicted molar refractivity (Wildman–Crippen MR) is 426 cm³/mol. The van der Waals surface area contributed by atoms with Gasteiger partial charge in [-0.05, 0) is 136 Å². The van der Waals surface area contributed by atoms with Crippen LogP contribution in [0, 0.1) is 30.3 Å². The number of aromatic carboxylic acids is 1. The largest absolute Gasteiger partial charge is 0.507 e. The van der Waals surface area contributed by atoms with E-state index in [1.165, 1.54) is 60.9 Å². The Morgan fingerprint density at radius 2 is 1.50 bits per heavy atom. The maximum absolute atomic E-state index is 13.7. The predicted octanol–water partition coefficient (Wildman–Crippen LogP) is 14.6. The summed E-state index contributed by atoms with van der Waals surface area (Å²) in [5.74, 6) is -4.64. The number of carboxylic acid groups (broad SMARTS) is 1. The van der Waals surface area contributed by atoms with Gasteiger partial charge in [-0.2, -0.15) is 22.0 Å². The van der Waals surface area contributed by atoms with Gasteiger partial charge in [0.15, 0.2) is 22.6 Å². The molecular formula is C80H107ClF8N12O13S. The summed E-state index contributed by atoms with van der Waals surface area (Å²) in [7, 11) is 1.31. The van der Waals surface area contributed by atoms with Crippen molar-refractivity contribution in [3.8, 4) is 11.5 Å². The van der Waals surface area contributed by atoms with Gasteiger partial charge in [-0.25, -0.2) is 32.5 Å². The molecule has 0 radical (unpaired) electrons. The van der Waals surface area contributed by atoms with Gasteiger partial charge in [0.25, 0.3) is 0 Å². The zero-order valence-corrected chi connectivity index (χ0v) is 67.0. The number of alkyl halides is 5. The number of unbranched alkanes of at least 4 members (excludes halogenated alkanes) is 3. The Balaban J connectivity index is 0.000000367. The number of nitrogens with one attached hydrogen (secondary N) is 1. The number of anilines is 2. The van der Waals surface area contributed by atoms with Crippen LogP contribution >= 0.6 is 22.9 Å². The lowest BCUT2D eigenvalue weighted by molar-refractivity contribution is -0.159. The molecule has 0 aliphatic carbocycles. The minimum absolute atomic E-state index is 0. The number of phenols is 1. The minimum atomic E-state index is -4.33. The molecule has 4 heterocycles. The van der Waals surface area contributed by atoms with Crippen molar-refractivity contribution in [1.29, 1.82) is 0 Å². The molecule has 14 N–H and O–H groups in total. The first kappa shape index (κ1) is 99.4. The smallest absolute Gasteiger partial charge is 0.416 e. The molecule has 2 aliphatic heterocycles. The number of amides is 1. The number of ketones is 1. The number of aromatic hydroxyl groups is 1. The summed E-state index contributed by atoms with van der Waals surface area (Å²) in [4.78, 5) is 70.1. The molecule has 5 aromatic carbocycles. The van der Waals surface area contributed by atoms with E-state index in [9.17, 15) is 64.2 Å². The van der Waals surface area contributed by atoms with E-state index in [1.54, 1.807) is 49.9 Å². The Morgan fingerprint density at radius 1 is 0.826 bits per heavy atom. The van der Waals surface area contributed by atoms with Gasteiger partial charge in [-0.15, -0.1) is 10.2 Å². The number of carbonyl (C=O) groups excluding carboxylic acids is 4. The fourth-order valence-corrected chi connectivity index (χ4v) is 12.5. The van der Waals surface area contributed by atoms with Crippen LogP contribution in [0.25, 0.3) is 10.2 Å². The van der Waals surface area contributed by atoms with Crippen LogP contribution in [0.5, 0.6) is 11.5 Å². The minimum Gasteiger partial charge on any atom is -0.507 e. The van der Waals surface area contributed by atoms with E-state index in [0.717, 1.165) is 60.8 Å². The number of nitrogens with two attached hydrogens (primary N) is 5. The van der Waals surface area contributed by atoms with E-state index in [-0.39, 0.29) is 80.8 Å². The molecule has 2 aliphatic rings. The van der Waals surface area contributed by atoms with E-state index in [0.29, 0.717) is 144 Å². The number of dihydropyridines is 1. The van der Waals surface area contributed by atoms with Crippen LogP contribution in [-0.4, -0.2) is 146 Å². The lowest BCUT2D eigenvalue weighted by atomic mass is 9.80. The third kappa shape index (κ3) is 32.8. The van der Waals surface area contributed by atoms with Gasteiger partial charge in [0.05, 0.1) is 76.7 Å². The summed E-state index contributed by atoms with van der Waals surface area (Å²) in [6, 6.07) is 21.1. The number of Topliss-reactive ketones (excluding diaryl/α,β-unsaturated/α-hetero) is 1. The van der Waals surface area contributed by atoms with E-state index >= 15 is 0 Å². The molecule has 2 aromatic heterocycles. The van der Waals surface area contributed by atoms with Gasteiger partial charge in [-0.3, -0.25) is 9.59 Å². The second kappa shape index (κ2) is 48.5. The van der Waals surface area contributed by atoms with Crippen molar-refractivity contribution in [2.75, 3.05) is 64.6 Å². The van der Waals surface area contributed by atoms with Crippen LogP contribution in [-0.2, 0) is 63.9 Å². The summed E-state index contributed by atoms with van der Waals surface area (Å²) >= 11 is 7.67. The van der Waals surface area contributed by atoms with Crippen molar-refractivity contribution in [2.45, 2.75) is 183 Å². The average Bonchev–Trinajstić information content (AvgIpc) is 1.51. The normalized spacial score (nSPS) is 14.0. The van der Waals surface area contributed by atoms with Gasteiger partial charge in [0, 0.05) is 87.5 Å². The first-order chi connectivity index (χ1) is 53.8. The molecule has 115 heavy (non-hydrogen) atoms. The van der Waals surface area contributed by atoms with Crippen LogP contribution in [0.4, 0.5) is 45.9 Å². The monoisotopic (exact) mass is 1660 g/mol. The van der Waals surface area contributed by atoms with Crippen molar-refractivity contribution < 1.29 is 98.2 Å². The Bertz CT molecular complexity index is 4390. The lowest BCUT2D eigenvalue weighted by Gasteiger charge is -2.31. The number of methoxy groups -OCH3 is 1. The molecule has 25 nitrogen and oxygen atoms in total. The van der Waals surface area contributed by atoms with E-state index < -0.39 is 70.8 Å². The number of nitrogen functional groups attached to an aromatic ring is 2. The number of hydrogen-bond donors (Lipinski definition) is 9. The summed E-state index contributed by atoms with van der Waals surface area (Å²) in [6.07, 6.45) is -0.560. The number of thiazole rings is 1. The van der Waals surface area contributed by atoms with Crippen molar-refractivity contribution in [2.24, 2.45) is 28.3 Å². The van der Waals surface area contributed by atoms with Gasteiger partial charge >= 0.3 is 30.2 Å². The number of carboxylic acids is 1. The molecule has 634 valence electrons. The number of aliphatic hydroxyl groups is 1. The van der Waals surface area contributed by atoms with E-state index in [2.05, 4.69) is 37.3 Å². The number of nitrogens with zero attached hydrogens (tertiary/aromatic N) is 6. The zero-order chi connectivity index (χ0) is 85.2. The van der Waals surface area contributed by atoms with Gasteiger partial charge in [0.2, 0.25) is 5.91 Å². The number of hydrogen-bond acceptors (Lipinski definition) is 23. The number of ether oxygens (including phenoxy) is 4. The number of halogens is 9. The van der Waals surface area contributed by atoms with Crippen molar-refractivity contribution in [3.63, 3.8) is 0 Å². The number of carbonyl (C=O) groups is 5. The molecule has 3 unspecified atom stereocenters. The number of oxime groups is 1. The lowest BCUT2D eigenvalue weighted by Crippen LogP contribution is -2.41. The molecule has 0 bridgehead atoms. The number of benzene rings is 5. The third-order valence-electron chi connectivity index (χ3n) is 16.9. The second-order valence-corrected chi connectivity index (χ2v) is 28.2. The number of aromatic nitrogens is 4. The van der Waals surface area contributed by atoms with Gasteiger partial charge < -0.3 is 82.6 Å². The highest BCUT2D eigenvalue weighted by Crippen LogP contribution is 2.42. The number of aryl methyl sites for hydroxylation is 1. The number of esters is 2. The summed E-state index contributed by atoms with van der Waals surface area (Å²) in [6.45, 7) is 19.2. The fraction of sp³-hybridized carbons (Fsp3) is 0.463. The Morgan fingerprint density at radius 3 is 2.09 bits per heavy atom. The van der Waals surface area contributed by atoms with Crippen molar-refractivity contribution in [1.82, 2.24) is 30.0 Å². The molecule has 9 rings (SSSR count). The van der Waals surface area contributed by atoms with Crippen molar-refractivity contribution >= 4 is 79.3 Å². The molecule has 1 amide bonds. The SMILES string of the molecule is C.CC(F)(F)Oc1ccc2nc(N)sc2c1.CCC(=O)CC(O)(CN)CC(C)C.CCCCCC/C(=N/OCCN)c1ccc(C(F)(F)F)cc1.CCCOCC1=C(C(=O)OCC)C(c2ccccc2Cl)C(C(=O)OC)=C(C)N1.Cc1nnc2n1CCN(C(=O)CC(N)Cc1cc(F)c(F)cc1F)C2.Nc1ccc(O)c(C(=O)O)c1. The highest BCUT2D eigenvalue weighted by molar-refractivity contribution is 7.22. The molecule has 35 heteroatoms. The molecule has 0 fully saturated rings. The average molecular weight is 1660 g/mol. The Kier molecular flexibility index (Phi) is 41.9. The molecule has 7 aromatic rings. The maximum atomic E-state index is 13.7. The number of rotatable bonds is 30. The van der Waals surface area contributed by atoms with E-state index in [4.69, 9.17) is 69.5 Å². The van der Waals surface area contributed by atoms with E-state index in [1.807, 2.05) is 38.3 Å². The van der Waals surface area contributed by atoms with Crippen LogP contribution in [0.15, 0.2) is 125 Å². The first-order valence-corrected chi connectivity index (χ1v) is 37.9.